The van der Waals surface area contributed by atoms with E-state index in [1.807, 2.05) is 25.1 Å². The molecule has 0 unspecified atom stereocenters. The first-order valence-corrected chi connectivity index (χ1v) is 23.7. The van der Waals surface area contributed by atoms with Crippen LogP contribution in [0.5, 0.6) is 23.0 Å². The monoisotopic (exact) mass is 1040 g/mol. The largest absolute Gasteiger partial charge is 0.495 e. The first kappa shape index (κ1) is 49.5. The van der Waals surface area contributed by atoms with E-state index in [1.54, 1.807) is 70.4 Å². The van der Waals surface area contributed by atoms with Gasteiger partial charge in [-0.15, -0.1) is 0 Å². The molecule has 3 aromatic heterocycles. The Hall–Kier alpha value is -7.49. The van der Waals surface area contributed by atoms with Crippen LogP contribution in [0.3, 0.4) is 0 Å². The van der Waals surface area contributed by atoms with E-state index in [-0.39, 0.29) is 74.6 Å². The molecule has 9 rings (SSSR count). The molecule has 364 valence electrons. The zero-order chi connectivity index (χ0) is 51.0. The first-order valence-electron chi connectivity index (χ1n) is 22.2. The van der Waals surface area contributed by atoms with Crippen LogP contribution in [0.15, 0.2) is 121 Å². The average molecular weight is 1050 g/mol. The van der Waals surface area contributed by atoms with Crippen molar-refractivity contribution >= 4 is 91.4 Å². The van der Waals surface area contributed by atoms with Gasteiger partial charge in [0.2, 0.25) is 5.91 Å². The number of ether oxygens (including phenoxy) is 4. The van der Waals surface area contributed by atoms with Crippen molar-refractivity contribution < 1.29 is 32.9 Å². The van der Waals surface area contributed by atoms with Gasteiger partial charge in [0, 0.05) is 76.8 Å². The number of fused-ring (bicyclic) bond motifs is 3. The lowest BCUT2D eigenvalue weighted by Crippen LogP contribution is -2.27. The number of nitrogens with one attached hydrogen (secondary N) is 1. The van der Waals surface area contributed by atoms with E-state index >= 15 is 4.39 Å². The second kappa shape index (κ2) is 20.7. The maximum atomic E-state index is 15.8. The number of pyridine rings is 2. The molecular weight excluding hydrogens is 1010 g/mol. The van der Waals surface area contributed by atoms with E-state index < -0.39 is 5.82 Å². The molecule has 4 heterocycles. The number of benzene rings is 5. The summed E-state index contributed by atoms with van der Waals surface area (Å²) >= 11 is 27.3. The average Bonchev–Trinajstić information content (AvgIpc) is 3.80. The minimum atomic E-state index is -0.531. The number of aryl methyl sites for hydroxylation is 1. The minimum absolute atomic E-state index is 0.0433. The quantitative estimate of drug-likeness (QED) is 0.104. The van der Waals surface area contributed by atoms with Crippen molar-refractivity contribution in [3.63, 3.8) is 0 Å². The zero-order valence-corrected chi connectivity index (χ0v) is 41.9. The number of hydrogen-bond acceptors (Lipinski definition) is 10. The molecule has 0 atom stereocenters. The molecule has 18 heteroatoms. The Labute approximate surface area is 432 Å². The lowest BCUT2D eigenvalue weighted by atomic mass is 10.0. The minimum Gasteiger partial charge on any atom is -0.495 e. The molecular formula is C54H41Cl4FN6O7. The van der Waals surface area contributed by atoms with Crippen molar-refractivity contribution in [3.8, 4) is 67.9 Å². The highest BCUT2D eigenvalue weighted by Gasteiger charge is 2.28. The van der Waals surface area contributed by atoms with Crippen LogP contribution in [-0.4, -0.2) is 65.8 Å². The zero-order valence-electron chi connectivity index (χ0n) is 38.9. The maximum Gasteiger partial charge on any atom is 0.259 e. The SMILES string of the molecule is C=CC(=O)Nc1ccccc1-c1cc2c(cn1)cc(-c1c(Cl)c(OC)cc(OC/C=C/C(=O)N3CCc4cc(F)c(-c5ncc6cc(-c7c(Cl)c(OC)cc(OC)c7Cl)ccc6n5)cc43)c1Cl)c(=O)n2CC. The van der Waals surface area contributed by atoms with Crippen molar-refractivity contribution in [2.75, 3.05) is 44.7 Å². The van der Waals surface area contributed by atoms with Crippen LogP contribution in [-0.2, 0) is 22.6 Å². The van der Waals surface area contributed by atoms with Crippen LogP contribution in [0, 0.1) is 5.82 Å². The van der Waals surface area contributed by atoms with E-state index in [2.05, 4.69) is 26.8 Å². The van der Waals surface area contributed by atoms with Crippen LogP contribution < -0.4 is 34.7 Å². The predicted molar refractivity (Wildman–Crippen MR) is 282 cm³/mol. The summed E-state index contributed by atoms with van der Waals surface area (Å²) < 4.78 is 39.9. The molecule has 1 aliphatic heterocycles. The Morgan fingerprint density at radius 3 is 2.18 bits per heavy atom. The number of hydrogen-bond donors (Lipinski definition) is 1. The molecule has 0 spiro atoms. The van der Waals surface area contributed by atoms with E-state index in [0.29, 0.717) is 95.6 Å². The van der Waals surface area contributed by atoms with Crippen LogP contribution in [0.4, 0.5) is 15.8 Å². The first-order chi connectivity index (χ1) is 34.8. The molecule has 13 nitrogen and oxygen atoms in total. The molecule has 0 saturated heterocycles. The summed E-state index contributed by atoms with van der Waals surface area (Å²) in [5, 5.41) is 4.80. The third-order valence-electron chi connectivity index (χ3n) is 12.2. The van der Waals surface area contributed by atoms with Crippen LogP contribution in [0.2, 0.25) is 20.1 Å². The third-order valence-corrected chi connectivity index (χ3v) is 13.7. The molecule has 0 bridgehead atoms. The van der Waals surface area contributed by atoms with Gasteiger partial charge < -0.3 is 33.7 Å². The number of amides is 2. The smallest absolute Gasteiger partial charge is 0.259 e. The van der Waals surface area contributed by atoms with Gasteiger partial charge in [-0.3, -0.25) is 19.4 Å². The van der Waals surface area contributed by atoms with Crippen LogP contribution in [0.1, 0.15) is 12.5 Å². The van der Waals surface area contributed by atoms with E-state index in [4.69, 9.17) is 65.4 Å². The topological polar surface area (TPSA) is 147 Å². The molecule has 2 amide bonds. The molecule has 0 saturated carbocycles. The number of rotatable bonds is 14. The van der Waals surface area contributed by atoms with Crippen molar-refractivity contribution in [2.24, 2.45) is 0 Å². The molecule has 0 aliphatic carbocycles. The summed E-state index contributed by atoms with van der Waals surface area (Å²) in [6.45, 7) is 5.86. The lowest BCUT2D eigenvalue weighted by Gasteiger charge is -2.18. The highest BCUT2D eigenvalue weighted by atomic mass is 35.5. The molecule has 72 heavy (non-hydrogen) atoms. The number of carbonyl (C=O) groups excluding carboxylic acids is 2. The number of para-hydroxylation sites is 1. The van der Waals surface area contributed by atoms with Crippen molar-refractivity contribution in [2.45, 2.75) is 19.9 Å². The number of halogens is 5. The normalized spacial score (nSPS) is 12.1. The second-order valence-electron chi connectivity index (χ2n) is 16.2. The predicted octanol–water partition coefficient (Wildman–Crippen LogP) is 12.5. The Kier molecular flexibility index (Phi) is 14.2. The van der Waals surface area contributed by atoms with E-state index in [1.165, 1.54) is 51.7 Å². The second-order valence-corrected chi connectivity index (χ2v) is 17.7. The fourth-order valence-corrected chi connectivity index (χ4v) is 10.0. The summed E-state index contributed by atoms with van der Waals surface area (Å²) in [7, 11) is 4.42. The molecule has 5 aromatic carbocycles. The Bertz CT molecular complexity index is 3610. The Morgan fingerprint density at radius 1 is 0.792 bits per heavy atom. The summed E-state index contributed by atoms with van der Waals surface area (Å²) in [4.78, 5) is 55.7. The lowest BCUT2D eigenvalue weighted by molar-refractivity contribution is -0.114. The van der Waals surface area contributed by atoms with Gasteiger partial charge in [-0.05, 0) is 79.1 Å². The van der Waals surface area contributed by atoms with Crippen molar-refractivity contribution in [3.05, 3.63) is 158 Å². The number of anilines is 2. The fraction of sp³-hybridized carbons (Fsp3) is 0.148. The van der Waals surface area contributed by atoms with Gasteiger partial charge in [-0.2, -0.15) is 0 Å². The van der Waals surface area contributed by atoms with Gasteiger partial charge in [-0.1, -0.05) is 77.2 Å². The van der Waals surface area contributed by atoms with Crippen molar-refractivity contribution in [1.82, 2.24) is 19.5 Å². The standard InChI is InChI=1S/C54H41Cl4FN6O7/c1-6-45(66)62-37-12-9-8-11-32(37)38-23-40-31(27-60-38)20-34(54(68)64(40)7-2)48-51(57)43(71-5)25-44(52(48)58)72-18-10-13-46(67)65-17-16-28-21-35(59)33(22-39(28)65)53-61-26-30-19-29(14-15-36(30)63-53)47-49(55)41(69-3)24-42(70-4)50(47)56/h6,8-15,19-27H,1,7,16-18H2,2-5H3,(H,62,66)/b13-10+. The van der Waals surface area contributed by atoms with Gasteiger partial charge in [0.1, 0.15) is 35.4 Å². The van der Waals surface area contributed by atoms with Gasteiger partial charge in [0.25, 0.3) is 11.5 Å². The summed E-state index contributed by atoms with van der Waals surface area (Å²) in [6, 6.07) is 22.1. The van der Waals surface area contributed by atoms with Crippen LogP contribution in [0.25, 0.3) is 66.7 Å². The molecule has 0 fully saturated rings. The molecule has 8 aromatic rings. The van der Waals surface area contributed by atoms with Gasteiger partial charge in [-0.25, -0.2) is 14.4 Å². The Morgan fingerprint density at radius 2 is 1.47 bits per heavy atom. The summed E-state index contributed by atoms with van der Waals surface area (Å²) in [5.41, 5.74) is 5.27. The van der Waals surface area contributed by atoms with Gasteiger partial charge in [0.05, 0.1) is 75.0 Å². The Balaban J connectivity index is 0.949. The molecule has 1 aliphatic rings. The van der Waals surface area contributed by atoms with E-state index in [0.717, 1.165) is 0 Å². The van der Waals surface area contributed by atoms with Crippen LogP contribution >= 0.6 is 46.4 Å². The highest BCUT2D eigenvalue weighted by Crippen LogP contribution is 2.48. The van der Waals surface area contributed by atoms with Gasteiger partial charge in [0.15, 0.2) is 5.82 Å². The third kappa shape index (κ3) is 9.18. The molecule has 0 radical (unpaired) electrons. The van der Waals surface area contributed by atoms with Gasteiger partial charge >= 0.3 is 0 Å². The number of nitrogens with zero attached hydrogens (tertiary/aromatic N) is 5. The fourth-order valence-electron chi connectivity index (χ4n) is 8.63. The van der Waals surface area contributed by atoms with Crippen molar-refractivity contribution in [1.29, 1.82) is 0 Å². The number of aromatic nitrogens is 4. The number of methoxy groups -OCH3 is 3. The highest BCUT2D eigenvalue weighted by molar-refractivity contribution is 6.42. The maximum absolute atomic E-state index is 15.8. The van der Waals surface area contributed by atoms with E-state index in [9.17, 15) is 14.4 Å². The summed E-state index contributed by atoms with van der Waals surface area (Å²) in [6.07, 6.45) is 7.70. The molecule has 1 N–H and O–H groups in total. The number of carbonyl (C=O) groups is 2. The summed E-state index contributed by atoms with van der Waals surface area (Å²) in [5.74, 6) is -0.0324.